The quantitative estimate of drug-likeness (QED) is 0.794. The lowest BCUT2D eigenvalue weighted by atomic mass is 9.75. The molecule has 0 saturated carbocycles. The van der Waals surface area contributed by atoms with Crippen molar-refractivity contribution in [3.8, 4) is 0 Å². The predicted octanol–water partition coefficient (Wildman–Crippen LogP) is 2.76. The first-order chi connectivity index (χ1) is 11.8. The first-order valence-electron chi connectivity index (χ1n) is 9.67. The molecule has 5 heterocycles. The Morgan fingerprint density at radius 3 is 2.33 bits per heavy atom. The van der Waals surface area contributed by atoms with Crippen molar-refractivity contribution in [3.05, 3.63) is 35.9 Å². The van der Waals surface area contributed by atoms with Gasteiger partial charge < -0.3 is 9.80 Å². The monoisotopic (exact) mass is 325 g/mol. The molecule has 6 rings (SSSR count). The van der Waals surface area contributed by atoms with Gasteiger partial charge in [-0.05, 0) is 50.3 Å². The summed E-state index contributed by atoms with van der Waals surface area (Å²) in [6.07, 6.45) is 4.88. The molecule has 5 aliphatic heterocycles. The van der Waals surface area contributed by atoms with Gasteiger partial charge >= 0.3 is 6.03 Å². The number of amides is 2. The van der Waals surface area contributed by atoms with E-state index >= 15 is 0 Å². The van der Waals surface area contributed by atoms with Gasteiger partial charge in [0.25, 0.3) is 0 Å². The summed E-state index contributed by atoms with van der Waals surface area (Å²) in [4.78, 5) is 20.2. The fourth-order valence-corrected chi connectivity index (χ4v) is 5.73. The SMILES string of the molecule is O=C(N1CCCC1)N1C[C@@H](c2ccccc2)[C@@H]2[C@H]1C1CCN2CC1. The van der Waals surface area contributed by atoms with E-state index in [9.17, 15) is 4.79 Å². The molecule has 2 amide bonds. The highest BCUT2D eigenvalue weighted by atomic mass is 16.2. The molecule has 24 heavy (non-hydrogen) atoms. The number of fused-ring (bicyclic) bond motifs is 2. The van der Waals surface area contributed by atoms with Crippen LogP contribution in [-0.2, 0) is 0 Å². The molecule has 4 heteroatoms. The Hall–Kier alpha value is -1.55. The van der Waals surface area contributed by atoms with Gasteiger partial charge in [-0.1, -0.05) is 30.3 Å². The van der Waals surface area contributed by atoms with Crippen molar-refractivity contribution in [2.45, 2.75) is 43.7 Å². The Morgan fingerprint density at radius 1 is 0.917 bits per heavy atom. The number of likely N-dealkylation sites (tertiary alicyclic amines) is 2. The average Bonchev–Trinajstić information content (AvgIpc) is 3.32. The smallest absolute Gasteiger partial charge is 0.320 e. The molecule has 128 valence electrons. The van der Waals surface area contributed by atoms with Crippen molar-refractivity contribution < 1.29 is 4.79 Å². The number of hydrogen-bond acceptors (Lipinski definition) is 2. The third kappa shape index (κ3) is 2.19. The third-order valence-electron chi connectivity index (χ3n) is 6.84. The zero-order valence-electron chi connectivity index (χ0n) is 14.3. The van der Waals surface area contributed by atoms with E-state index in [0.29, 0.717) is 30.0 Å². The molecule has 1 aromatic carbocycles. The van der Waals surface area contributed by atoms with Crippen LogP contribution in [0.15, 0.2) is 30.3 Å². The molecular formula is C20H27N3O. The minimum Gasteiger partial charge on any atom is -0.325 e. The molecule has 0 aliphatic carbocycles. The zero-order valence-corrected chi connectivity index (χ0v) is 14.3. The number of urea groups is 1. The molecule has 0 N–H and O–H groups in total. The van der Waals surface area contributed by atoms with Gasteiger partial charge in [0.05, 0.1) is 6.04 Å². The Morgan fingerprint density at radius 2 is 1.62 bits per heavy atom. The largest absolute Gasteiger partial charge is 0.325 e. The summed E-state index contributed by atoms with van der Waals surface area (Å²) in [5.41, 5.74) is 1.41. The summed E-state index contributed by atoms with van der Waals surface area (Å²) < 4.78 is 0. The van der Waals surface area contributed by atoms with Crippen LogP contribution in [0.3, 0.4) is 0 Å². The highest BCUT2D eigenvalue weighted by molar-refractivity contribution is 5.76. The highest BCUT2D eigenvalue weighted by Gasteiger charge is 2.55. The molecule has 5 aliphatic rings. The second kappa shape index (κ2) is 5.76. The molecule has 4 nitrogen and oxygen atoms in total. The summed E-state index contributed by atoms with van der Waals surface area (Å²) >= 11 is 0. The summed E-state index contributed by atoms with van der Waals surface area (Å²) in [6, 6.07) is 12.2. The number of benzene rings is 1. The van der Waals surface area contributed by atoms with E-state index in [1.807, 2.05) is 0 Å². The lowest BCUT2D eigenvalue weighted by Crippen LogP contribution is -2.61. The van der Waals surface area contributed by atoms with Crippen molar-refractivity contribution in [2.75, 3.05) is 32.7 Å². The summed E-state index contributed by atoms with van der Waals surface area (Å²) in [5.74, 6) is 1.19. The predicted molar refractivity (Wildman–Crippen MR) is 94.0 cm³/mol. The lowest BCUT2D eigenvalue weighted by molar-refractivity contribution is 0.000196. The molecule has 0 aromatic heterocycles. The van der Waals surface area contributed by atoms with E-state index in [2.05, 4.69) is 45.0 Å². The second-order valence-electron chi connectivity index (χ2n) is 8.00. The Kier molecular flexibility index (Phi) is 3.55. The molecule has 0 spiro atoms. The van der Waals surface area contributed by atoms with Crippen LogP contribution in [0.4, 0.5) is 4.79 Å². The number of piperidine rings is 3. The van der Waals surface area contributed by atoms with Gasteiger partial charge in [0, 0.05) is 31.6 Å². The van der Waals surface area contributed by atoms with Crippen molar-refractivity contribution in [1.82, 2.24) is 14.7 Å². The number of rotatable bonds is 1. The summed E-state index contributed by atoms with van der Waals surface area (Å²) in [7, 11) is 0. The minimum atomic E-state index is 0.315. The van der Waals surface area contributed by atoms with E-state index in [0.717, 1.165) is 19.6 Å². The van der Waals surface area contributed by atoms with Gasteiger partial charge in [0.2, 0.25) is 0 Å². The van der Waals surface area contributed by atoms with Crippen LogP contribution in [0.5, 0.6) is 0 Å². The van der Waals surface area contributed by atoms with Crippen molar-refractivity contribution in [2.24, 2.45) is 5.92 Å². The average molecular weight is 325 g/mol. The van der Waals surface area contributed by atoms with Gasteiger partial charge in [-0.25, -0.2) is 4.79 Å². The molecular weight excluding hydrogens is 298 g/mol. The lowest BCUT2D eigenvalue weighted by Gasteiger charge is -2.51. The van der Waals surface area contributed by atoms with Gasteiger partial charge in [-0.2, -0.15) is 0 Å². The standard InChI is InChI=1S/C20H27N3O/c24-20(22-10-4-5-11-22)23-14-17(15-6-2-1-3-7-15)19-18(23)16-8-12-21(19)13-9-16/h1-3,6-7,16-19H,4-5,8-14H2/t17-,18+,19+/m0/s1. The summed E-state index contributed by atoms with van der Waals surface area (Å²) in [5, 5.41) is 0. The van der Waals surface area contributed by atoms with Crippen LogP contribution in [0.1, 0.15) is 37.2 Å². The Balaban J connectivity index is 1.49. The van der Waals surface area contributed by atoms with E-state index in [-0.39, 0.29) is 0 Å². The third-order valence-corrected chi connectivity index (χ3v) is 6.84. The zero-order chi connectivity index (χ0) is 16.1. The fourth-order valence-electron chi connectivity index (χ4n) is 5.73. The van der Waals surface area contributed by atoms with Crippen molar-refractivity contribution >= 4 is 6.03 Å². The molecule has 0 unspecified atom stereocenters. The molecule has 5 saturated heterocycles. The first-order valence-corrected chi connectivity index (χ1v) is 9.67. The van der Waals surface area contributed by atoms with Gasteiger partial charge in [0.1, 0.15) is 0 Å². The van der Waals surface area contributed by atoms with Crippen LogP contribution in [0.2, 0.25) is 0 Å². The van der Waals surface area contributed by atoms with Crippen molar-refractivity contribution in [1.29, 1.82) is 0 Å². The van der Waals surface area contributed by atoms with Crippen LogP contribution >= 0.6 is 0 Å². The number of hydrogen-bond donors (Lipinski definition) is 0. The van der Waals surface area contributed by atoms with Crippen LogP contribution < -0.4 is 0 Å². The van der Waals surface area contributed by atoms with Crippen LogP contribution in [0, 0.1) is 5.92 Å². The molecule has 0 radical (unpaired) electrons. The Bertz CT molecular complexity index is 605. The Labute approximate surface area is 144 Å². The van der Waals surface area contributed by atoms with Crippen molar-refractivity contribution in [3.63, 3.8) is 0 Å². The van der Waals surface area contributed by atoms with E-state index < -0.39 is 0 Å². The fraction of sp³-hybridized carbons (Fsp3) is 0.650. The van der Waals surface area contributed by atoms with E-state index in [1.54, 1.807) is 0 Å². The number of carbonyl (C=O) groups excluding carboxylic acids is 1. The maximum absolute atomic E-state index is 13.2. The summed E-state index contributed by atoms with van der Waals surface area (Å²) in [6.45, 7) is 5.26. The number of nitrogens with zero attached hydrogens (tertiary/aromatic N) is 3. The molecule has 2 bridgehead atoms. The van der Waals surface area contributed by atoms with Gasteiger partial charge in [-0.3, -0.25) is 4.90 Å². The van der Waals surface area contributed by atoms with Gasteiger partial charge in [-0.15, -0.1) is 0 Å². The highest BCUT2D eigenvalue weighted by Crippen LogP contribution is 2.46. The molecule has 1 aromatic rings. The molecule has 3 atom stereocenters. The first kappa shape index (κ1) is 14.8. The topological polar surface area (TPSA) is 26.8 Å². The number of carbonyl (C=O) groups is 1. The van der Waals surface area contributed by atoms with Crippen LogP contribution in [0.25, 0.3) is 0 Å². The normalized spacial score (nSPS) is 37.8. The second-order valence-corrected chi connectivity index (χ2v) is 8.00. The minimum absolute atomic E-state index is 0.315. The van der Waals surface area contributed by atoms with Crippen LogP contribution in [-0.4, -0.2) is 65.5 Å². The van der Waals surface area contributed by atoms with Gasteiger partial charge in [0.15, 0.2) is 0 Å². The maximum Gasteiger partial charge on any atom is 0.320 e. The maximum atomic E-state index is 13.2. The van der Waals surface area contributed by atoms with E-state index in [4.69, 9.17) is 0 Å². The van der Waals surface area contributed by atoms with E-state index in [1.165, 1.54) is 44.3 Å². The molecule has 5 fully saturated rings.